The molecule has 1 heterocycles. The van der Waals surface area contributed by atoms with E-state index in [4.69, 9.17) is 4.74 Å². The number of carbonyl (C=O) groups excluding carboxylic acids is 1. The minimum atomic E-state index is -0.0959. The average molecular weight is 337 g/mol. The molecule has 0 radical (unpaired) electrons. The highest BCUT2D eigenvalue weighted by Crippen LogP contribution is 2.25. The zero-order chi connectivity index (χ0) is 16.7. The average Bonchev–Trinajstić information content (AvgIpc) is 2.60. The standard InChI is InChI=1S/C18H28N2O2S/c1-14(16-7-5-4-6-8-16)20-18(9-11-22-12-10-18)13-19-17(21)15(2)23-3/h4-8,14-15,20H,9-13H2,1-3H3,(H,19,21)/t14-,15+/m0/s1. The maximum atomic E-state index is 12.1. The molecule has 2 atom stereocenters. The lowest BCUT2D eigenvalue weighted by Gasteiger charge is -2.40. The number of thioether (sulfide) groups is 1. The predicted octanol–water partition coefficient (Wildman–Crippen LogP) is 2.75. The van der Waals surface area contributed by atoms with E-state index in [0.717, 1.165) is 26.1 Å². The van der Waals surface area contributed by atoms with Gasteiger partial charge in [-0.25, -0.2) is 0 Å². The maximum Gasteiger partial charge on any atom is 0.232 e. The molecule has 1 saturated heterocycles. The van der Waals surface area contributed by atoms with Crippen LogP contribution in [0.25, 0.3) is 0 Å². The van der Waals surface area contributed by atoms with Gasteiger partial charge in [0.25, 0.3) is 0 Å². The van der Waals surface area contributed by atoms with Crippen molar-refractivity contribution < 1.29 is 9.53 Å². The summed E-state index contributed by atoms with van der Waals surface area (Å²) in [7, 11) is 0. The topological polar surface area (TPSA) is 50.4 Å². The van der Waals surface area contributed by atoms with Crippen LogP contribution in [-0.4, -0.2) is 42.7 Å². The van der Waals surface area contributed by atoms with Crippen LogP contribution in [0.3, 0.4) is 0 Å². The van der Waals surface area contributed by atoms with E-state index in [0.29, 0.717) is 6.54 Å². The molecule has 1 aromatic carbocycles. The normalized spacial score (nSPS) is 19.8. The Kier molecular flexibility index (Phi) is 6.93. The number of hydrogen-bond acceptors (Lipinski definition) is 4. The highest BCUT2D eigenvalue weighted by Gasteiger charge is 2.34. The Hall–Kier alpha value is -1.04. The second-order valence-corrected chi connectivity index (χ2v) is 7.44. The summed E-state index contributed by atoms with van der Waals surface area (Å²) in [4.78, 5) is 12.1. The number of carbonyl (C=O) groups is 1. The van der Waals surface area contributed by atoms with Crippen molar-refractivity contribution in [1.82, 2.24) is 10.6 Å². The summed E-state index contributed by atoms with van der Waals surface area (Å²) < 4.78 is 5.53. The first-order valence-electron chi connectivity index (χ1n) is 8.27. The van der Waals surface area contributed by atoms with E-state index in [-0.39, 0.29) is 22.7 Å². The van der Waals surface area contributed by atoms with E-state index in [1.54, 1.807) is 11.8 Å². The maximum absolute atomic E-state index is 12.1. The van der Waals surface area contributed by atoms with E-state index in [1.807, 2.05) is 19.2 Å². The summed E-state index contributed by atoms with van der Waals surface area (Å²) in [5.74, 6) is 0.109. The fourth-order valence-corrected chi connectivity index (χ4v) is 3.22. The highest BCUT2D eigenvalue weighted by atomic mass is 32.2. The lowest BCUT2D eigenvalue weighted by molar-refractivity contribution is -0.120. The Morgan fingerprint density at radius 2 is 1.91 bits per heavy atom. The minimum Gasteiger partial charge on any atom is -0.381 e. The van der Waals surface area contributed by atoms with Crippen molar-refractivity contribution in [3.8, 4) is 0 Å². The van der Waals surface area contributed by atoms with Crippen LogP contribution in [0.15, 0.2) is 30.3 Å². The monoisotopic (exact) mass is 336 g/mol. The molecule has 0 aromatic heterocycles. The molecule has 0 bridgehead atoms. The first-order valence-corrected chi connectivity index (χ1v) is 9.56. The molecule has 2 N–H and O–H groups in total. The summed E-state index contributed by atoms with van der Waals surface area (Å²) in [6.07, 6.45) is 3.79. The minimum absolute atomic E-state index is 0.0153. The summed E-state index contributed by atoms with van der Waals surface area (Å²) in [5, 5.41) is 6.87. The molecule has 1 amide bonds. The molecule has 0 saturated carbocycles. The number of amides is 1. The predicted molar refractivity (Wildman–Crippen MR) is 96.8 cm³/mol. The van der Waals surface area contributed by atoms with E-state index < -0.39 is 0 Å². The third-order valence-electron chi connectivity index (χ3n) is 4.60. The largest absolute Gasteiger partial charge is 0.381 e. The van der Waals surface area contributed by atoms with E-state index in [1.165, 1.54) is 5.56 Å². The zero-order valence-electron chi connectivity index (χ0n) is 14.3. The van der Waals surface area contributed by atoms with Crippen LogP contribution in [0.1, 0.15) is 38.3 Å². The van der Waals surface area contributed by atoms with E-state index in [2.05, 4.69) is 41.8 Å². The van der Waals surface area contributed by atoms with Crippen molar-refractivity contribution in [2.45, 2.75) is 43.5 Å². The molecule has 0 unspecified atom stereocenters. The van der Waals surface area contributed by atoms with Crippen LogP contribution < -0.4 is 10.6 Å². The molecular weight excluding hydrogens is 308 g/mol. The van der Waals surface area contributed by atoms with Crippen molar-refractivity contribution in [3.05, 3.63) is 35.9 Å². The van der Waals surface area contributed by atoms with Gasteiger partial charge in [-0.3, -0.25) is 4.79 Å². The lowest BCUT2D eigenvalue weighted by atomic mass is 9.88. The molecule has 1 aliphatic heterocycles. The fourth-order valence-electron chi connectivity index (χ4n) is 2.93. The highest BCUT2D eigenvalue weighted by molar-refractivity contribution is 7.99. The van der Waals surface area contributed by atoms with Crippen LogP contribution in [0.5, 0.6) is 0 Å². The zero-order valence-corrected chi connectivity index (χ0v) is 15.1. The van der Waals surface area contributed by atoms with Crippen LogP contribution in [0.2, 0.25) is 0 Å². The molecule has 23 heavy (non-hydrogen) atoms. The summed E-state index contributed by atoms with van der Waals surface area (Å²) >= 11 is 1.57. The summed E-state index contributed by atoms with van der Waals surface area (Å²) in [6, 6.07) is 10.7. The SMILES string of the molecule is CS[C@H](C)C(=O)NCC1(N[C@@H](C)c2ccccc2)CCOCC1. The fraction of sp³-hybridized carbons (Fsp3) is 0.611. The summed E-state index contributed by atoms with van der Waals surface area (Å²) in [6.45, 7) is 6.25. The number of nitrogens with one attached hydrogen (secondary N) is 2. The smallest absolute Gasteiger partial charge is 0.232 e. The molecular formula is C18H28N2O2S. The Labute approximate surface area is 143 Å². The van der Waals surface area contributed by atoms with Crippen LogP contribution in [0.4, 0.5) is 0 Å². The van der Waals surface area contributed by atoms with Gasteiger partial charge < -0.3 is 15.4 Å². The van der Waals surface area contributed by atoms with Gasteiger partial charge in [0.15, 0.2) is 0 Å². The van der Waals surface area contributed by atoms with Gasteiger partial charge in [0, 0.05) is 31.3 Å². The molecule has 0 aliphatic carbocycles. The molecule has 1 aliphatic rings. The second kappa shape index (κ2) is 8.71. The van der Waals surface area contributed by atoms with Crippen LogP contribution in [0, 0.1) is 0 Å². The van der Waals surface area contributed by atoms with Gasteiger partial charge in [0.05, 0.1) is 5.25 Å². The van der Waals surface area contributed by atoms with Crippen molar-refractivity contribution in [2.24, 2.45) is 0 Å². The Morgan fingerprint density at radius 3 is 2.52 bits per heavy atom. The summed E-state index contributed by atoms with van der Waals surface area (Å²) in [5.41, 5.74) is 1.17. The van der Waals surface area contributed by atoms with Crippen molar-refractivity contribution in [3.63, 3.8) is 0 Å². The van der Waals surface area contributed by atoms with Gasteiger partial charge in [0.2, 0.25) is 5.91 Å². The van der Waals surface area contributed by atoms with Crippen molar-refractivity contribution >= 4 is 17.7 Å². The van der Waals surface area contributed by atoms with Gasteiger partial charge in [-0.1, -0.05) is 30.3 Å². The Morgan fingerprint density at radius 1 is 1.26 bits per heavy atom. The molecule has 1 aromatic rings. The van der Waals surface area contributed by atoms with Gasteiger partial charge in [-0.05, 0) is 38.5 Å². The lowest BCUT2D eigenvalue weighted by Crippen LogP contribution is -2.57. The van der Waals surface area contributed by atoms with Gasteiger partial charge in [0.1, 0.15) is 0 Å². The van der Waals surface area contributed by atoms with Gasteiger partial charge in [-0.15, -0.1) is 0 Å². The first kappa shape index (κ1) is 18.3. The third kappa shape index (κ3) is 5.23. The molecule has 4 nitrogen and oxygen atoms in total. The first-order chi connectivity index (χ1) is 11.1. The number of ether oxygens (including phenoxy) is 1. The van der Waals surface area contributed by atoms with E-state index >= 15 is 0 Å². The molecule has 1 fully saturated rings. The molecule has 5 heteroatoms. The van der Waals surface area contributed by atoms with Crippen LogP contribution in [-0.2, 0) is 9.53 Å². The molecule has 2 rings (SSSR count). The van der Waals surface area contributed by atoms with Crippen molar-refractivity contribution in [2.75, 3.05) is 26.0 Å². The Balaban J connectivity index is 2.02. The van der Waals surface area contributed by atoms with Gasteiger partial charge >= 0.3 is 0 Å². The molecule has 128 valence electrons. The number of benzene rings is 1. The van der Waals surface area contributed by atoms with Crippen LogP contribution >= 0.6 is 11.8 Å². The van der Waals surface area contributed by atoms with E-state index in [9.17, 15) is 4.79 Å². The number of hydrogen-bond donors (Lipinski definition) is 2. The second-order valence-electron chi connectivity index (χ2n) is 6.27. The van der Waals surface area contributed by atoms with Gasteiger partial charge in [-0.2, -0.15) is 11.8 Å². The van der Waals surface area contributed by atoms with Crippen molar-refractivity contribution in [1.29, 1.82) is 0 Å². The number of rotatable bonds is 7. The third-order valence-corrected chi connectivity index (χ3v) is 5.52. The molecule has 0 spiro atoms. The Bertz CT molecular complexity index is 489. The quantitative estimate of drug-likeness (QED) is 0.804.